The summed E-state index contributed by atoms with van der Waals surface area (Å²) in [5.74, 6) is 0.380. The number of cyclic esters (lactones) is 1. The van der Waals surface area contributed by atoms with E-state index >= 15 is 0 Å². The summed E-state index contributed by atoms with van der Waals surface area (Å²) in [7, 11) is 0. The lowest BCUT2D eigenvalue weighted by Crippen LogP contribution is -2.42. The second kappa shape index (κ2) is 10.6. The molecule has 1 saturated heterocycles. The third-order valence-corrected chi connectivity index (χ3v) is 7.15. The molecule has 7 atom stereocenters. The van der Waals surface area contributed by atoms with Crippen molar-refractivity contribution in [2.75, 3.05) is 0 Å². The average Bonchev–Trinajstić information content (AvgIpc) is 2.78. The molecule has 0 aromatic heterocycles. The molecule has 1 heterocycles. The van der Waals surface area contributed by atoms with Gasteiger partial charge in [0, 0.05) is 24.5 Å². The molecule has 0 radical (unpaired) electrons. The number of carbonyl (C=O) groups is 2. The number of non-ortho nitro benzene ring substituents is 1. The van der Waals surface area contributed by atoms with Gasteiger partial charge in [0.05, 0.1) is 17.4 Å². The van der Waals surface area contributed by atoms with Crippen molar-refractivity contribution in [3.8, 4) is 5.75 Å². The number of nitrogens with zero attached hydrogens (tertiary/aromatic N) is 1. The van der Waals surface area contributed by atoms with E-state index in [0.29, 0.717) is 19.3 Å². The van der Waals surface area contributed by atoms with Crippen LogP contribution in [0.2, 0.25) is 0 Å². The van der Waals surface area contributed by atoms with Crippen LogP contribution in [0.5, 0.6) is 5.75 Å². The summed E-state index contributed by atoms with van der Waals surface area (Å²) in [6, 6.07) is 5.26. The number of allylic oxidation sites excluding steroid dienone is 3. The van der Waals surface area contributed by atoms with Crippen LogP contribution in [0.25, 0.3) is 0 Å². The number of carbonyl (C=O) groups excluding carboxylic acids is 2. The van der Waals surface area contributed by atoms with Gasteiger partial charge in [-0.1, -0.05) is 32.1 Å². The van der Waals surface area contributed by atoms with Crippen LogP contribution >= 0.6 is 0 Å². The zero-order valence-corrected chi connectivity index (χ0v) is 19.9. The van der Waals surface area contributed by atoms with Gasteiger partial charge in [0.25, 0.3) is 5.69 Å². The smallest absolute Gasteiger partial charge is 0.462 e. The quantitative estimate of drug-likeness (QED) is 0.265. The van der Waals surface area contributed by atoms with Gasteiger partial charge in [-0.15, -0.1) is 0 Å². The molecule has 4 rings (SSSR count). The number of rotatable bonds is 6. The van der Waals surface area contributed by atoms with Crippen molar-refractivity contribution in [3.05, 3.63) is 58.2 Å². The average molecular weight is 486 g/mol. The minimum absolute atomic E-state index is 0.0279. The van der Waals surface area contributed by atoms with Crippen LogP contribution in [0.1, 0.15) is 46.0 Å². The highest BCUT2D eigenvalue weighted by molar-refractivity contribution is 5.71. The fourth-order valence-corrected chi connectivity index (χ4v) is 5.52. The summed E-state index contributed by atoms with van der Waals surface area (Å²) in [5, 5.41) is 20.8. The number of nitro benzene ring substituents is 1. The van der Waals surface area contributed by atoms with Crippen molar-refractivity contribution in [1.82, 2.24) is 0 Å². The fourth-order valence-electron chi connectivity index (χ4n) is 5.52. The molecule has 9 heteroatoms. The van der Waals surface area contributed by atoms with Crippen LogP contribution in [0.15, 0.2) is 48.1 Å². The number of ether oxygens (including phenoxy) is 3. The van der Waals surface area contributed by atoms with Gasteiger partial charge in [-0.2, -0.15) is 0 Å². The second-order valence-corrected chi connectivity index (χ2v) is 9.83. The van der Waals surface area contributed by atoms with E-state index in [1.165, 1.54) is 24.3 Å². The van der Waals surface area contributed by atoms with Gasteiger partial charge in [0.2, 0.25) is 0 Å². The molecule has 0 bridgehead atoms. The summed E-state index contributed by atoms with van der Waals surface area (Å²) in [4.78, 5) is 34.7. The first-order valence-electron chi connectivity index (χ1n) is 12.1. The Morgan fingerprint density at radius 3 is 2.63 bits per heavy atom. The number of fused-ring (bicyclic) bond motifs is 1. The Kier molecular flexibility index (Phi) is 7.54. The van der Waals surface area contributed by atoms with Gasteiger partial charge in [-0.05, 0) is 54.7 Å². The van der Waals surface area contributed by atoms with Crippen molar-refractivity contribution in [2.24, 2.45) is 23.7 Å². The molecular weight excluding hydrogens is 454 g/mol. The van der Waals surface area contributed by atoms with Crippen LogP contribution in [0.3, 0.4) is 0 Å². The first-order chi connectivity index (χ1) is 16.7. The van der Waals surface area contributed by atoms with Gasteiger partial charge in [0.15, 0.2) is 0 Å². The molecule has 1 aromatic carbocycles. The lowest BCUT2D eigenvalue weighted by molar-refractivity contribution is -0.384. The molecule has 9 nitrogen and oxygen atoms in total. The molecule has 3 aliphatic rings. The maximum Gasteiger partial charge on any atom is 0.514 e. The molecule has 0 spiro atoms. The zero-order chi connectivity index (χ0) is 25.1. The van der Waals surface area contributed by atoms with Crippen molar-refractivity contribution >= 4 is 17.8 Å². The molecular formula is C26H31NO8. The minimum atomic E-state index is -0.845. The van der Waals surface area contributed by atoms with Crippen LogP contribution in [0.4, 0.5) is 10.5 Å². The Hall–Kier alpha value is -3.20. The van der Waals surface area contributed by atoms with E-state index in [-0.39, 0.29) is 53.6 Å². The fraction of sp³-hybridized carbons (Fsp3) is 0.538. The molecule has 0 saturated carbocycles. The summed E-state index contributed by atoms with van der Waals surface area (Å²) >= 11 is 0. The molecule has 1 N–H and O–H groups in total. The lowest BCUT2D eigenvalue weighted by Gasteiger charge is -2.43. The van der Waals surface area contributed by atoms with Gasteiger partial charge >= 0.3 is 12.1 Å². The van der Waals surface area contributed by atoms with Gasteiger partial charge in [0.1, 0.15) is 18.0 Å². The normalized spacial score (nSPS) is 32.1. The zero-order valence-electron chi connectivity index (χ0n) is 19.9. The number of hydrogen-bond acceptors (Lipinski definition) is 8. The van der Waals surface area contributed by atoms with Crippen LogP contribution in [-0.2, 0) is 14.3 Å². The molecule has 0 amide bonds. The van der Waals surface area contributed by atoms with E-state index in [2.05, 4.69) is 32.1 Å². The van der Waals surface area contributed by atoms with Crippen molar-refractivity contribution in [3.63, 3.8) is 0 Å². The Bertz CT molecular complexity index is 1020. The predicted molar refractivity (Wildman–Crippen MR) is 125 cm³/mol. The number of esters is 1. The highest BCUT2D eigenvalue weighted by Crippen LogP contribution is 2.45. The van der Waals surface area contributed by atoms with Crippen molar-refractivity contribution in [1.29, 1.82) is 0 Å². The first kappa shape index (κ1) is 24.9. The van der Waals surface area contributed by atoms with Gasteiger partial charge in [-0.25, -0.2) is 4.79 Å². The summed E-state index contributed by atoms with van der Waals surface area (Å²) in [6.45, 7) is 4.20. The largest absolute Gasteiger partial charge is 0.514 e. The number of benzene rings is 1. The highest BCUT2D eigenvalue weighted by Gasteiger charge is 2.42. The van der Waals surface area contributed by atoms with Crippen molar-refractivity contribution < 1.29 is 33.8 Å². The number of aliphatic hydroxyl groups is 1. The summed E-state index contributed by atoms with van der Waals surface area (Å²) in [5.41, 5.74) is 1.03. The van der Waals surface area contributed by atoms with E-state index in [1.54, 1.807) is 0 Å². The van der Waals surface area contributed by atoms with Crippen LogP contribution < -0.4 is 4.74 Å². The first-order valence-corrected chi connectivity index (χ1v) is 12.1. The maximum absolute atomic E-state index is 12.6. The Labute approximate surface area is 203 Å². The van der Waals surface area contributed by atoms with E-state index in [9.17, 15) is 24.8 Å². The summed E-state index contributed by atoms with van der Waals surface area (Å²) in [6.07, 6.45) is 6.77. The number of hydrogen-bond donors (Lipinski definition) is 1. The maximum atomic E-state index is 12.6. The van der Waals surface area contributed by atoms with E-state index in [1.807, 2.05) is 0 Å². The van der Waals surface area contributed by atoms with E-state index in [4.69, 9.17) is 14.2 Å². The molecule has 35 heavy (non-hydrogen) atoms. The second-order valence-electron chi connectivity index (χ2n) is 9.83. The molecule has 2 aliphatic carbocycles. The third kappa shape index (κ3) is 6.08. The van der Waals surface area contributed by atoms with Crippen LogP contribution in [0, 0.1) is 33.8 Å². The Morgan fingerprint density at radius 2 is 1.94 bits per heavy atom. The Morgan fingerprint density at radius 1 is 1.20 bits per heavy atom. The standard InChI is InChI=1S/C26H31NO8/c1-15-11-17-4-3-16(2)22(10-9-21-13-19(28)14-24(29)33-21)25(17)23(12-15)35-26(30)34-20-7-5-18(6-8-20)27(31)32/h3-8,11,15-16,19,21-23,25,28H,9-10,12-14H2,1-2H3/t15-,16-,19+,21+,22-,23-,25-/m0/s1. The molecule has 1 fully saturated rings. The Balaban J connectivity index is 1.45. The number of nitro groups is 1. The van der Waals surface area contributed by atoms with E-state index < -0.39 is 23.3 Å². The van der Waals surface area contributed by atoms with Gasteiger partial charge in [-0.3, -0.25) is 14.9 Å². The molecule has 1 aliphatic heterocycles. The highest BCUT2D eigenvalue weighted by atomic mass is 16.7. The molecule has 188 valence electrons. The minimum Gasteiger partial charge on any atom is -0.462 e. The predicted octanol–water partition coefficient (Wildman–Crippen LogP) is 4.73. The monoisotopic (exact) mass is 485 g/mol. The number of aliphatic hydroxyl groups excluding tert-OH is 1. The topological polar surface area (TPSA) is 125 Å². The van der Waals surface area contributed by atoms with Crippen LogP contribution in [-0.4, -0.2) is 40.5 Å². The molecule has 0 unspecified atom stereocenters. The van der Waals surface area contributed by atoms with Crippen molar-refractivity contribution in [2.45, 2.75) is 64.3 Å². The third-order valence-electron chi connectivity index (χ3n) is 7.15. The molecule has 1 aromatic rings. The van der Waals surface area contributed by atoms with E-state index in [0.717, 1.165) is 12.0 Å². The van der Waals surface area contributed by atoms with Gasteiger partial charge < -0.3 is 19.3 Å². The lowest BCUT2D eigenvalue weighted by atomic mass is 9.65. The summed E-state index contributed by atoms with van der Waals surface area (Å²) < 4.78 is 16.6. The SMILES string of the molecule is C[C@H]1C=C2C=C[C@H](C)[C@H](CC[C@@H]3C[C@@H](O)CC(=O)O3)[C@H]2[C@@H](OC(=O)Oc2ccc([N+](=O)[O-])cc2)C1.